The maximum Gasteiger partial charge on any atom is 0.163 e. The number of aryl methyl sites for hydroxylation is 1. The molecule has 5 aromatic rings. The molecular formula is C24H21N5. The fourth-order valence-corrected chi connectivity index (χ4v) is 3.59. The zero-order chi connectivity index (χ0) is 19.6. The first-order valence-corrected chi connectivity index (χ1v) is 9.76. The van der Waals surface area contributed by atoms with E-state index in [1.165, 1.54) is 5.56 Å². The van der Waals surface area contributed by atoms with Crippen LogP contribution in [0, 0.1) is 6.92 Å². The van der Waals surface area contributed by atoms with Gasteiger partial charge in [0.15, 0.2) is 5.82 Å². The highest BCUT2D eigenvalue weighted by atomic mass is 15.0. The van der Waals surface area contributed by atoms with E-state index in [-0.39, 0.29) is 0 Å². The molecule has 2 aromatic carbocycles. The Labute approximate surface area is 169 Å². The first-order valence-electron chi connectivity index (χ1n) is 9.76. The Morgan fingerprint density at radius 1 is 0.966 bits per heavy atom. The maximum atomic E-state index is 4.90. The van der Waals surface area contributed by atoms with E-state index in [4.69, 9.17) is 9.97 Å². The maximum absolute atomic E-state index is 4.90. The third kappa shape index (κ3) is 3.43. The van der Waals surface area contributed by atoms with Crippen LogP contribution in [0.25, 0.3) is 27.9 Å². The molecule has 0 saturated heterocycles. The normalized spacial score (nSPS) is 11.2. The molecule has 0 spiro atoms. The first kappa shape index (κ1) is 17.4. The Morgan fingerprint density at radius 3 is 2.69 bits per heavy atom. The molecule has 0 aliphatic heterocycles. The van der Waals surface area contributed by atoms with Gasteiger partial charge in [-0.1, -0.05) is 42.5 Å². The van der Waals surface area contributed by atoms with Crippen LogP contribution >= 0.6 is 0 Å². The van der Waals surface area contributed by atoms with Crippen molar-refractivity contribution in [3.63, 3.8) is 0 Å². The largest absolute Gasteiger partial charge is 0.369 e. The average Bonchev–Trinajstić information content (AvgIpc) is 3.21. The predicted octanol–water partition coefficient (Wildman–Crippen LogP) is 4.91. The zero-order valence-corrected chi connectivity index (χ0v) is 16.2. The van der Waals surface area contributed by atoms with Crippen LogP contribution in [0.2, 0.25) is 0 Å². The van der Waals surface area contributed by atoms with E-state index in [0.29, 0.717) is 0 Å². The van der Waals surface area contributed by atoms with E-state index < -0.39 is 0 Å². The number of nitrogens with zero attached hydrogens (tertiary/aromatic N) is 4. The van der Waals surface area contributed by atoms with Crippen molar-refractivity contribution in [3.05, 3.63) is 90.4 Å². The number of aromatic nitrogens is 4. The van der Waals surface area contributed by atoms with Gasteiger partial charge in [-0.25, -0.2) is 15.0 Å². The Kier molecular flexibility index (Phi) is 4.41. The number of fused-ring (bicyclic) bond motifs is 2. The minimum absolute atomic E-state index is 0.721. The molecule has 0 aliphatic rings. The fraction of sp³-hybridized carbons (Fsp3) is 0.125. The number of imidazole rings is 1. The molecule has 142 valence electrons. The number of pyridine rings is 1. The minimum atomic E-state index is 0.721. The van der Waals surface area contributed by atoms with Crippen LogP contribution in [0.4, 0.5) is 5.82 Å². The molecule has 5 heteroatoms. The van der Waals surface area contributed by atoms with Crippen LogP contribution in [0.3, 0.4) is 0 Å². The molecule has 0 aliphatic carbocycles. The van der Waals surface area contributed by atoms with E-state index in [1.54, 1.807) is 6.20 Å². The number of rotatable bonds is 5. The van der Waals surface area contributed by atoms with Crippen LogP contribution in [0.15, 0.2) is 79.3 Å². The summed E-state index contributed by atoms with van der Waals surface area (Å²) in [5, 5.41) is 4.56. The Hall–Kier alpha value is -3.73. The third-order valence-corrected chi connectivity index (χ3v) is 5.13. The molecule has 0 radical (unpaired) electrons. The van der Waals surface area contributed by atoms with Crippen molar-refractivity contribution in [2.75, 3.05) is 11.9 Å². The number of hydrogen-bond donors (Lipinski definition) is 1. The van der Waals surface area contributed by atoms with Crippen molar-refractivity contribution in [2.45, 2.75) is 13.3 Å². The summed E-state index contributed by atoms with van der Waals surface area (Å²) in [7, 11) is 0. The summed E-state index contributed by atoms with van der Waals surface area (Å²) < 4.78 is 2.00. The average molecular weight is 379 g/mol. The van der Waals surface area contributed by atoms with Crippen LogP contribution in [0.1, 0.15) is 11.1 Å². The van der Waals surface area contributed by atoms with Gasteiger partial charge in [-0.2, -0.15) is 0 Å². The molecule has 29 heavy (non-hydrogen) atoms. The minimum Gasteiger partial charge on any atom is -0.369 e. The van der Waals surface area contributed by atoms with Crippen molar-refractivity contribution in [1.82, 2.24) is 19.4 Å². The fourth-order valence-electron chi connectivity index (χ4n) is 3.59. The van der Waals surface area contributed by atoms with E-state index in [0.717, 1.165) is 52.3 Å². The van der Waals surface area contributed by atoms with Gasteiger partial charge in [0.05, 0.1) is 5.52 Å². The molecular weight excluding hydrogens is 358 g/mol. The summed E-state index contributed by atoms with van der Waals surface area (Å²) in [6.07, 6.45) is 6.73. The standard InChI is InChI=1S/C24H21N5/c1-17-15-22-25-13-14-29(22)16-20(17)24-27-21-10-6-5-9-19(21)23(28-24)26-12-11-18-7-3-2-4-8-18/h2-10,13-16H,11-12H2,1H3,(H,26,27,28). The van der Waals surface area contributed by atoms with Crippen LogP contribution in [0.5, 0.6) is 0 Å². The number of para-hydroxylation sites is 1. The summed E-state index contributed by atoms with van der Waals surface area (Å²) >= 11 is 0. The molecule has 0 bridgehead atoms. The first-order chi connectivity index (χ1) is 14.3. The second-order valence-electron chi connectivity index (χ2n) is 7.14. The van der Waals surface area contributed by atoms with Crippen molar-refractivity contribution in [2.24, 2.45) is 0 Å². The van der Waals surface area contributed by atoms with E-state index in [2.05, 4.69) is 59.8 Å². The topological polar surface area (TPSA) is 55.1 Å². The van der Waals surface area contributed by atoms with Gasteiger partial charge in [0.1, 0.15) is 11.5 Å². The highest BCUT2D eigenvalue weighted by molar-refractivity contribution is 5.90. The molecule has 5 nitrogen and oxygen atoms in total. The van der Waals surface area contributed by atoms with Gasteiger partial charge in [0.25, 0.3) is 0 Å². The molecule has 3 aromatic heterocycles. The third-order valence-electron chi connectivity index (χ3n) is 5.13. The van der Waals surface area contributed by atoms with Gasteiger partial charge < -0.3 is 9.72 Å². The van der Waals surface area contributed by atoms with Crippen molar-refractivity contribution >= 4 is 22.4 Å². The Bertz CT molecular complexity index is 1290. The number of hydrogen-bond acceptors (Lipinski definition) is 4. The number of nitrogens with one attached hydrogen (secondary N) is 1. The lowest BCUT2D eigenvalue weighted by Gasteiger charge is -2.12. The lowest BCUT2D eigenvalue weighted by Crippen LogP contribution is -2.08. The van der Waals surface area contributed by atoms with Crippen molar-refractivity contribution in [3.8, 4) is 11.4 Å². The van der Waals surface area contributed by atoms with Crippen LogP contribution in [-0.4, -0.2) is 25.9 Å². The Balaban J connectivity index is 1.53. The van der Waals surface area contributed by atoms with Gasteiger partial charge in [-0.15, -0.1) is 0 Å². The quantitative estimate of drug-likeness (QED) is 0.471. The van der Waals surface area contributed by atoms with E-state index in [9.17, 15) is 0 Å². The second kappa shape index (κ2) is 7.36. The molecule has 0 atom stereocenters. The summed E-state index contributed by atoms with van der Waals surface area (Å²) in [6.45, 7) is 2.88. The lowest BCUT2D eigenvalue weighted by molar-refractivity contribution is 1.01. The molecule has 0 unspecified atom stereocenters. The zero-order valence-electron chi connectivity index (χ0n) is 16.2. The van der Waals surface area contributed by atoms with E-state index in [1.807, 2.05) is 34.9 Å². The Morgan fingerprint density at radius 2 is 1.79 bits per heavy atom. The van der Waals surface area contributed by atoms with Crippen LogP contribution in [-0.2, 0) is 6.42 Å². The van der Waals surface area contributed by atoms with Gasteiger partial charge in [0.2, 0.25) is 0 Å². The number of benzene rings is 2. The van der Waals surface area contributed by atoms with Gasteiger partial charge in [-0.3, -0.25) is 0 Å². The molecule has 0 amide bonds. The predicted molar refractivity (Wildman–Crippen MR) is 117 cm³/mol. The second-order valence-corrected chi connectivity index (χ2v) is 7.14. The summed E-state index contributed by atoms with van der Waals surface area (Å²) in [5.74, 6) is 1.59. The van der Waals surface area contributed by atoms with Gasteiger partial charge in [-0.05, 0) is 42.7 Å². The molecule has 1 N–H and O–H groups in total. The monoisotopic (exact) mass is 379 g/mol. The van der Waals surface area contributed by atoms with Crippen molar-refractivity contribution < 1.29 is 0 Å². The van der Waals surface area contributed by atoms with Gasteiger partial charge >= 0.3 is 0 Å². The molecule has 3 heterocycles. The summed E-state index contributed by atoms with van der Waals surface area (Å²) in [5.41, 5.74) is 5.28. The molecule has 0 fully saturated rings. The molecule has 5 rings (SSSR count). The van der Waals surface area contributed by atoms with Crippen LogP contribution < -0.4 is 5.32 Å². The SMILES string of the molecule is Cc1cc2nccn2cc1-c1nc(NCCc2ccccc2)c2ccccc2n1. The van der Waals surface area contributed by atoms with Gasteiger partial charge in [0, 0.05) is 36.1 Å². The molecule has 0 saturated carbocycles. The highest BCUT2D eigenvalue weighted by Gasteiger charge is 2.12. The summed E-state index contributed by atoms with van der Waals surface area (Å²) in [4.78, 5) is 14.1. The highest BCUT2D eigenvalue weighted by Crippen LogP contribution is 2.27. The number of anilines is 1. The summed E-state index contributed by atoms with van der Waals surface area (Å²) in [6, 6.07) is 20.7. The van der Waals surface area contributed by atoms with Crippen molar-refractivity contribution in [1.29, 1.82) is 0 Å². The smallest absolute Gasteiger partial charge is 0.163 e. The lowest BCUT2D eigenvalue weighted by atomic mass is 10.1. The van der Waals surface area contributed by atoms with E-state index >= 15 is 0 Å².